The van der Waals surface area contributed by atoms with Gasteiger partial charge in [-0.05, 0) is 36.2 Å². The van der Waals surface area contributed by atoms with Gasteiger partial charge in [-0.1, -0.05) is 23.4 Å². The first kappa shape index (κ1) is 24.8. The molecule has 1 fully saturated rings. The molecule has 4 rings (SSSR count). The summed E-state index contributed by atoms with van der Waals surface area (Å²) < 4.78 is 51.4. The van der Waals surface area contributed by atoms with E-state index in [9.17, 15) is 22.8 Å². The van der Waals surface area contributed by atoms with Crippen LogP contribution in [0.2, 0.25) is 0 Å². The van der Waals surface area contributed by atoms with Gasteiger partial charge in [-0.15, -0.1) is 13.2 Å². The van der Waals surface area contributed by atoms with Crippen molar-refractivity contribution in [3.05, 3.63) is 65.8 Å². The maximum atomic E-state index is 12.4. The zero-order chi connectivity index (χ0) is 25.7. The normalized spacial score (nSPS) is 15.6. The van der Waals surface area contributed by atoms with Crippen LogP contribution in [-0.4, -0.2) is 40.5 Å². The fourth-order valence-corrected chi connectivity index (χ4v) is 3.69. The Labute approximate surface area is 203 Å². The Morgan fingerprint density at radius 2 is 1.97 bits per heavy atom. The van der Waals surface area contributed by atoms with Crippen LogP contribution < -0.4 is 20.1 Å². The van der Waals surface area contributed by atoms with E-state index in [1.807, 2.05) is 0 Å². The van der Waals surface area contributed by atoms with Crippen LogP contribution in [-0.2, 0) is 17.9 Å². The van der Waals surface area contributed by atoms with Crippen molar-refractivity contribution in [2.75, 3.05) is 12.4 Å². The van der Waals surface area contributed by atoms with Crippen LogP contribution in [0.3, 0.4) is 0 Å². The maximum absolute atomic E-state index is 12.4. The van der Waals surface area contributed by atoms with Crippen molar-refractivity contribution in [2.24, 2.45) is 0 Å². The molecule has 0 bridgehead atoms. The first-order chi connectivity index (χ1) is 17.2. The number of aromatic nitrogens is 2. The smallest absolute Gasteiger partial charge is 0.497 e. The van der Waals surface area contributed by atoms with E-state index in [1.54, 1.807) is 24.3 Å². The summed E-state index contributed by atoms with van der Waals surface area (Å²) in [5.74, 6) is 0.532. The highest BCUT2D eigenvalue weighted by Gasteiger charge is 2.36. The van der Waals surface area contributed by atoms with Gasteiger partial charge in [0.15, 0.2) is 5.82 Å². The second-order valence-electron chi connectivity index (χ2n) is 7.86. The Balaban J connectivity index is 1.34. The van der Waals surface area contributed by atoms with Gasteiger partial charge >= 0.3 is 12.4 Å². The topological polar surface area (TPSA) is 119 Å². The van der Waals surface area contributed by atoms with Crippen molar-refractivity contribution in [2.45, 2.75) is 38.3 Å². The van der Waals surface area contributed by atoms with E-state index in [1.165, 1.54) is 36.3 Å². The zero-order valence-corrected chi connectivity index (χ0v) is 19.0. The van der Waals surface area contributed by atoms with E-state index < -0.39 is 18.4 Å². The van der Waals surface area contributed by atoms with Crippen molar-refractivity contribution >= 4 is 17.6 Å². The standard InChI is InChI=1S/C23H22F3N5O5/c1-34-17-4-2-3-15(11-17)28-22(33)27-12-19-29-21(36-30-19)18-9-10-20(32)31(18)13-14-5-7-16(8-6-14)35-23(24,25)26/h2-8,11,18H,9-10,12-13H2,1H3,(H2,27,28,33)/t18-/m0/s1. The van der Waals surface area contributed by atoms with Crippen LogP contribution in [0.1, 0.15) is 36.2 Å². The van der Waals surface area contributed by atoms with Gasteiger partial charge in [0.25, 0.3) is 0 Å². The molecule has 1 aliphatic rings. The second-order valence-corrected chi connectivity index (χ2v) is 7.86. The van der Waals surface area contributed by atoms with Crippen LogP contribution in [0.25, 0.3) is 0 Å². The fraction of sp³-hybridized carbons (Fsp3) is 0.304. The summed E-state index contributed by atoms with van der Waals surface area (Å²) in [6, 6.07) is 11.2. The van der Waals surface area contributed by atoms with Gasteiger partial charge < -0.3 is 29.5 Å². The zero-order valence-electron chi connectivity index (χ0n) is 19.0. The highest BCUT2D eigenvalue weighted by atomic mass is 19.4. The van der Waals surface area contributed by atoms with Gasteiger partial charge in [0, 0.05) is 24.7 Å². The van der Waals surface area contributed by atoms with E-state index in [-0.39, 0.29) is 42.9 Å². The highest BCUT2D eigenvalue weighted by molar-refractivity contribution is 5.89. The highest BCUT2D eigenvalue weighted by Crippen LogP contribution is 2.33. The molecular formula is C23H22F3N5O5. The molecule has 10 nitrogen and oxygen atoms in total. The molecule has 0 saturated carbocycles. The first-order valence-corrected chi connectivity index (χ1v) is 10.9. The number of carbonyl (C=O) groups excluding carboxylic acids is 2. The number of alkyl halides is 3. The van der Waals surface area contributed by atoms with Crippen LogP contribution >= 0.6 is 0 Å². The lowest BCUT2D eigenvalue weighted by Gasteiger charge is -2.22. The number of halogens is 3. The molecule has 0 spiro atoms. The monoisotopic (exact) mass is 505 g/mol. The molecule has 2 aromatic carbocycles. The van der Waals surface area contributed by atoms with Crippen LogP contribution in [0.15, 0.2) is 53.1 Å². The molecular weight excluding hydrogens is 483 g/mol. The van der Waals surface area contributed by atoms with Crippen molar-refractivity contribution in [3.8, 4) is 11.5 Å². The molecule has 0 radical (unpaired) electrons. The molecule has 1 saturated heterocycles. The number of nitrogens with zero attached hydrogens (tertiary/aromatic N) is 3. The van der Waals surface area contributed by atoms with Crippen molar-refractivity contribution in [1.29, 1.82) is 0 Å². The Morgan fingerprint density at radius 1 is 1.19 bits per heavy atom. The largest absolute Gasteiger partial charge is 0.573 e. The number of rotatable bonds is 8. The number of urea groups is 1. The quantitative estimate of drug-likeness (QED) is 0.472. The Hall–Kier alpha value is -4.29. The van der Waals surface area contributed by atoms with Gasteiger partial charge in [0.1, 0.15) is 17.5 Å². The van der Waals surface area contributed by atoms with Gasteiger partial charge in [-0.3, -0.25) is 4.79 Å². The van der Waals surface area contributed by atoms with Crippen LogP contribution in [0, 0.1) is 0 Å². The number of methoxy groups -OCH3 is 1. The molecule has 0 unspecified atom stereocenters. The molecule has 1 atom stereocenters. The summed E-state index contributed by atoms with van der Waals surface area (Å²) in [6.45, 7) is 0.134. The molecule has 3 amide bonds. The van der Waals surface area contributed by atoms with E-state index in [2.05, 4.69) is 25.5 Å². The second kappa shape index (κ2) is 10.5. The van der Waals surface area contributed by atoms with Crippen LogP contribution in [0.4, 0.5) is 23.7 Å². The minimum absolute atomic E-state index is 0.0133. The Bertz CT molecular complexity index is 1220. The summed E-state index contributed by atoms with van der Waals surface area (Å²) >= 11 is 0. The van der Waals surface area contributed by atoms with E-state index in [0.29, 0.717) is 23.4 Å². The van der Waals surface area contributed by atoms with Crippen LogP contribution in [0.5, 0.6) is 11.5 Å². The Kier molecular flexibility index (Phi) is 7.27. The third-order valence-corrected chi connectivity index (χ3v) is 5.34. The number of hydrogen-bond acceptors (Lipinski definition) is 7. The predicted octanol–water partition coefficient (Wildman–Crippen LogP) is 4.16. The molecule has 1 aromatic heterocycles. The van der Waals surface area contributed by atoms with Gasteiger partial charge in [0.2, 0.25) is 11.8 Å². The minimum Gasteiger partial charge on any atom is -0.497 e. The van der Waals surface area contributed by atoms with E-state index in [0.717, 1.165) is 0 Å². The van der Waals surface area contributed by atoms with Crippen molar-refractivity contribution in [1.82, 2.24) is 20.4 Å². The fourth-order valence-electron chi connectivity index (χ4n) is 3.69. The molecule has 2 N–H and O–H groups in total. The van der Waals surface area contributed by atoms with Gasteiger partial charge in [0.05, 0.1) is 13.7 Å². The molecule has 190 valence electrons. The SMILES string of the molecule is COc1cccc(NC(=O)NCc2noc([C@@H]3CCC(=O)N3Cc3ccc(OC(F)(F)F)cc3)n2)c1. The first-order valence-electron chi connectivity index (χ1n) is 10.9. The summed E-state index contributed by atoms with van der Waals surface area (Å²) in [4.78, 5) is 30.4. The lowest BCUT2D eigenvalue weighted by atomic mass is 10.1. The molecule has 3 aromatic rings. The number of amides is 3. The molecule has 1 aliphatic heterocycles. The molecule has 36 heavy (non-hydrogen) atoms. The lowest BCUT2D eigenvalue weighted by Crippen LogP contribution is -2.29. The Morgan fingerprint density at radius 3 is 2.69 bits per heavy atom. The summed E-state index contributed by atoms with van der Waals surface area (Å²) in [7, 11) is 1.52. The lowest BCUT2D eigenvalue weighted by molar-refractivity contribution is -0.274. The number of likely N-dealkylation sites (tertiary alicyclic amines) is 1. The minimum atomic E-state index is -4.78. The third-order valence-electron chi connectivity index (χ3n) is 5.34. The van der Waals surface area contributed by atoms with Gasteiger partial charge in [-0.25, -0.2) is 4.79 Å². The number of carbonyl (C=O) groups is 2. The van der Waals surface area contributed by atoms with E-state index >= 15 is 0 Å². The van der Waals surface area contributed by atoms with Crippen molar-refractivity contribution in [3.63, 3.8) is 0 Å². The predicted molar refractivity (Wildman–Crippen MR) is 119 cm³/mol. The van der Waals surface area contributed by atoms with Gasteiger partial charge in [-0.2, -0.15) is 4.98 Å². The van der Waals surface area contributed by atoms with Crippen molar-refractivity contribution < 1.29 is 36.8 Å². The average Bonchev–Trinajstić information content (AvgIpc) is 3.45. The molecule has 13 heteroatoms. The number of ether oxygens (including phenoxy) is 2. The number of hydrogen-bond donors (Lipinski definition) is 2. The summed E-state index contributed by atoms with van der Waals surface area (Å²) in [6.07, 6.45) is -4.07. The maximum Gasteiger partial charge on any atom is 0.573 e. The number of anilines is 1. The number of benzene rings is 2. The third kappa shape index (κ3) is 6.43. The molecule has 0 aliphatic carbocycles. The number of nitrogens with one attached hydrogen (secondary N) is 2. The molecule has 2 heterocycles. The summed E-state index contributed by atoms with van der Waals surface area (Å²) in [5.41, 5.74) is 1.15. The summed E-state index contributed by atoms with van der Waals surface area (Å²) in [5, 5.41) is 9.16. The van der Waals surface area contributed by atoms with E-state index in [4.69, 9.17) is 9.26 Å². The average molecular weight is 505 g/mol.